The van der Waals surface area contributed by atoms with E-state index in [1.165, 1.54) is 7.11 Å². The molecule has 0 heterocycles. The second-order valence-corrected chi connectivity index (χ2v) is 9.67. The molecule has 1 unspecified atom stereocenters. The summed E-state index contributed by atoms with van der Waals surface area (Å²) in [6.45, 7) is 4.14. The van der Waals surface area contributed by atoms with Crippen LogP contribution in [0.15, 0.2) is 48.5 Å². The molecule has 0 radical (unpaired) electrons. The van der Waals surface area contributed by atoms with Gasteiger partial charge in [0.15, 0.2) is 0 Å². The van der Waals surface area contributed by atoms with E-state index in [1.54, 1.807) is 36.4 Å². The third kappa shape index (κ3) is 6.88. The van der Waals surface area contributed by atoms with Crippen molar-refractivity contribution in [1.29, 1.82) is 0 Å². The molecule has 0 aliphatic rings. The number of rotatable bonds is 9. The van der Waals surface area contributed by atoms with Crippen molar-refractivity contribution in [3.8, 4) is 5.75 Å². The van der Waals surface area contributed by atoms with E-state index >= 15 is 0 Å². The number of carbonyl (C=O) groups excluding carboxylic acids is 2. The van der Waals surface area contributed by atoms with Crippen LogP contribution in [0, 0.1) is 0 Å². The van der Waals surface area contributed by atoms with E-state index in [9.17, 15) is 18.0 Å². The van der Waals surface area contributed by atoms with Gasteiger partial charge in [-0.3, -0.25) is 9.59 Å². The SMILES string of the molecule is COc1ccccc1C(=O)NC(CCS(C)(=O)=O)C(=O)Nc1ccc(C(C)C)cc1. The van der Waals surface area contributed by atoms with Gasteiger partial charge in [-0.05, 0) is 42.2 Å². The van der Waals surface area contributed by atoms with Crippen molar-refractivity contribution in [3.05, 3.63) is 59.7 Å². The number of amides is 2. The Labute approximate surface area is 177 Å². The minimum atomic E-state index is -3.31. The first kappa shape index (κ1) is 23.4. The van der Waals surface area contributed by atoms with Crippen LogP contribution in [0.1, 0.15) is 42.1 Å². The Hall–Kier alpha value is -2.87. The molecule has 0 fully saturated rings. The summed E-state index contributed by atoms with van der Waals surface area (Å²) in [5.74, 6) is -0.516. The van der Waals surface area contributed by atoms with Crippen LogP contribution in [0.2, 0.25) is 0 Å². The van der Waals surface area contributed by atoms with E-state index < -0.39 is 27.7 Å². The lowest BCUT2D eigenvalue weighted by Crippen LogP contribution is -2.44. The summed E-state index contributed by atoms with van der Waals surface area (Å²) < 4.78 is 28.4. The highest BCUT2D eigenvalue weighted by Crippen LogP contribution is 2.19. The Morgan fingerprint density at radius 1 is 1.03 bits per heavy atom. The molecule has 2 N–H and O–H groups in total. The summed E-state index contributed by atoms with van der Waals surface area (Å²) in [5.41, 5.74) is 1.96. The monoisotopic (exact) mass is 432 g/mol. The number of para-hydroxylation sites is 1. The van der Waals surface area contributed by atoms with Crippen molar-refractivity contribution in [2.45, 2.75) is 32.2 Å². The summed E-state index contributed by atoms with van der Waals surface area (Å²) in [6, 6.07) is 13.0. The second kappa shape index (κ2) is 10.2. The van der Waals surface area contributed by atoms with Gasteiger partial charge >= 0.3 is 0 Å². The van der Waals surface area contributed by atoms with Crippen molar-refractivity contribution in [2.24, 2.45) is 0 Å². The fourth-order valence-corrected chi connectivity index (χ4v) is 3.51. The predicted molar refractivity (Wildman–Crippen MR) is 118 cm³/mol. The van der Waals surface area contributed by atoms with E-state index in [2.05, 4.69) is 24.5 Å². The van der Waals surface area contributed by atoms with E-state index in [1.807, 2.05) is 12.1 Å². The van der Waals surface area contributed by atoms with Crippen molar-refractivity contribution in [2.75, 3.05) is 24.4 Å². The fraction of sp³-hybridized carbons (Fsp3) is 0.364. The number of nitrogens with one attached hydrogen (secondary N) is 2. The normalized spacial score (nSPS) is 12.3. The summed E-state index contributed by atoms with van der Waals surface area (Å²) in [6.07, 6.45) is 1.05. The molecular weight excluding hydrogens is 404 g/mol. The highest BCUT2D eigenvalue weighted by molar-refractivity contribution is 7.90. The first-order valence-corrected chi connectivity index (χ1v) is 11.7. The third-order valence-corrected chi connectivity index (χ3v) is 5.57. The number of hydrogen-bond acceptors (Lipinski definition) is 5. The highest BCUT2D eigenvalue weighted by Gasteiger charge is 2.24. The third-order valence-electron chi connectivity index (χ3n) is 4.60. The van der Waals surface area contributed by atoms with Crippen LogP contribution in [-0.2, 0) is 14.6 Å². The molecule has 30 heavy (non-hydrogen) atoms. The second-order valence-electron chi connectivity index (χ2n) is 7.41. The molecule has 0 saturated heterocycles. The van der Waals surface area contributed by atoms with Crippen LogP contribution in [0.4, 0.5) is 5.69 Å². The molecule has 0 saturated carbocycles. The van der Waals surface area contributed by atoms with Crippen LogP contribution in [0.3, 0.4) is 0 Å². The van der Waals surface area contributed by atoms with E-state index in [0.29, 0.717) is 17.4 Å². The Morgan fingerprint density at radius 2 is 1.67 bits per heavy atom. The molecule has 0 aromatic heterocycles. The first-order valence-electron chi connectivity index (χ1n) is 9.63. The zero-order chi connectivity index (χ0) is 22.3. The lowest BCUT2D eigenvalue weighted by atomic mass is 10.0. The number of methoxy groups -OCH3 is 1. The van der Waals surface area contributed by atoms with Crippen molar-refractivity contribution < 1.29 is 22.7 Å². The maximum Gasteiger partial charge on any atom is 0.255 e. The lowest BCUT2D eigenvalue weighted by Gasteiger charge is -2.19. The maximum atomic E-state index is 12.8. The molecule has 0 spiro atoms. The number of anilines is 1. The van der Waals surface area contributed by atoms with Gasteiger partial charge in [-0.2, -0.15) is 0 Å². The molecule has 1 atom stereocenters. The summed E-state index contributed by atoms with van der Waals surface area (Å²) in [5, 5.41) is 5.38. The summed E-state index contributed by atoms with van der Waals surface area (Å²) in [7, 11) is -1.86. The zero-order valence-corrected chi connectivity index (χ0v) is 18.5. The van der Waals surface area contributed by atoms with Crippen LogP contribution >= 0.6 is 0 Å². The molecule has 0 bridgehead atoms. The maximum absolute atomic E-state index is 12.8. The average Bonchev–Trinajstić information content (AvgIpc) is 2.70. The molecule has 2 aromatic rings. The van der Waals surface area contributed by atoms with Crippen molar-refractivity contribution >= 4 is 27.3 Å². The van der Waals surface area contributed by atoms with Gasteiger partial charge in [0.25, 0.3) is 5.91 Å². The van der Waals surface area contributed by atoms with Crippen LogP contribution < -0.4 is 15.4 Å². The Balaban J connectivity index is 2.18. The molecular formula is C22H28N2O5S. The number of hydrogen-bond donors (Lipinski definition) is 2. The van der Waals surface area contributed by atoms with Gasteiger partial charge in [-0.1, -0.05) is 38.1 Å². The standard InChI is InChI=1S/C22H28N2O5S/c1-15(2)16-9-11-17(12-10-16)23-22(26)19(13-14-30(4,27)28)24-21(25)18-7-5-6-8-20(18)29-3/h5-12,15,19H,13-14H2,1-4H3,(H,23,26)(H,24,25). The topological polar surface area (TPSA) is 102 Å². The van der Waals surface area contributed by atoms with Crippen LogP contribution in [0.5, 0.6) is 5.75 Å². The van der Waals surface area contributed by atoms with Gasteiger partial charge in [0.2, 0.25) is 5.91 Å². The molecule has 2 aromatic carbocycles. The van der Waals surface area contributed by atoms with Gasteiger partial charge in [0, 0.05) is 11.9 Å². The average molecular weight is 433 g/mol. The van der Waals surface area contributed by atoms with Crippen LogP contribution in [-0.4, -0.2) is 45.4 Å². The van der Waals surface area contributed by atoms with Crippen LogP contribution in [0.25, 0.3) is 0 Å². The van der Waals surface area contributed by atoms with Gasteiger partial charge in [0.1, 0.15) is 21.6 Å². The highest BCUT2D eigenvalue weighted by atomic mass is 32.2. The molecule has 162 valence electrons. The van der Waals surface area contributed by atoms with E-state index in [4.69, 9.17) is 4.74 Å². The Bertz CT molecular complexity index is 985. The molecule has 2 amide bonds. The fourth-order valence-electron chi connectivity index (χ4n) is 2.85. The molecule has 8 heteroatoms. The quantitative estimate of drug-likeness (QED) is 0.634. The number of sulfone groups is 1. The van der Waals surface area contributed by atoms with E-state index in [-0.39, 0.29) is 17.7 Å². The molecule has 0 aliphatic heterocycles. The first-order chi connectivity index (χ1) is 14.1. The van der Waals surface area contributed by atoms with Gasteiger partial charge < -0.3 is 15.4 Å². The van der Waals surface area contributed by atoms with Crippen molar-refractivity contribution in [1.82, 2.24) is 5.32 Å². The number of ether oxygens (including phenoxy) is 1. The van der Waals surface area contributed by atoms with Gasteiger partial charge in [-0.25, -0.2) is 8.42 Å². The largest absolute Gasteiger partial charge is 0.496 e. The zero-order valence-electron chi connectivity index (χ0n) is 17.6. The van der Waals surface area contributed by atoms with E-state index in [0.717, 1.165) is 11.8 Å². The molecule has 0 aliphatic carbocycles. The Kier molecular flexibility index (Phi) is 8.00. The Morgan fingerprint density at radius 3 is 2.23 bits per heavy atom. The minimum Gasteiger partial charge on any atom is -0.496 e. The predicted octanol–water partition coefficient (Wildman–Crippen LogP) is 2.99. The van der Waals surface area contributed by atoms with Gasteiger partial charge in [-0.15, -0.1) is 0 Å². The van der Waals surface area contributed by atoms with Gasteiger partial charge in [0.05, 0.1) is 18.4 Å². The number of carbonyl (C=O) groups is 2. The minimum absolute atomic E-state index is 0.0460. The van der Waals surface area contributed by atoms with Crippen molar-refractivity contribution in [3.63, 3.8) is 0 Å². The smallest absolute Gasteiger partial charge is 0.255 e. The number of benzene rings is 2. The summed E-state index contributed by atoms with van der Waals surface area (Å²) >= 11 is 0. The molecule has 7 nitrogen and oxygen atoms in total. The lowest BCUT2D eigenvalue weighted by molar-refractivity contribution is -0.118. The molecule has 2 rings (SSSR count). The summed E-state index contributed by atoms with van der Waals surface area (Å²) in [4.78, 5) is 25.5.